The Bertz CT molecular complexity index is 616. The fraction of sp³-hybridized carbons (Fsp3) is 0.333. The van der Waals surface area contributed by atoms with Crippen LogP contribution in [0, 0.1) is 0 Å². The third kappa shape index (κ3) is 4.93. The zero-order valence-corrected chi connectivity index (χ0v) is 13.7. The zero-order chi connectivity index (χ0) is 15.9. The number of hydrogen-bond acceptors (Lipinski definition) is 2. The van der Waals surface area contributed by atoms with E-state index in [1.165, 1.54) is 0 Å². The van der Waals surface area contributed by atoms with Crippen molar-refractivity contribution in [2.75, 3.05) is 0 Å². The average Bonchev–Trinajstić information content (AvgIpc) is 2.98. The fourth-order valence-corrected chi connectivity index (χ4v) is 2.48. The number of rotatable bonds is 6. The first-order valence-electron chi connectivity index (χ1n) is 7.02. The van der Waals surface area contributed by atoms with Crippen LogP contribution in [0.5, 0.6) is 0 Å². The molecule has 0 spiro atoms. The number of nitrogens with one attached hydrogen (secondary N) is 2. The number of nitrogens with zero attached hydrogens (tertiary/aromatic N) is 2. The molecule has 118 valence electrons. The minimum Gasteiger partial charge on any atom is -0.335 e. The summed E-state index contributed by atoms with van der Waals surface area (Å²) in [5.74, 6) is 0. The summed E-state index contributed by atoms with van der Waals surface area (Å²) >= 11 is 11.9. The van der Waals surface area contributed by atoms with Crippen LogP contribution in [0.2, 0.25) is 10.0 Å². The van der Waals surface area contributed by atoms with Crippen molar-refractivity contribution >= 4 is 29.2 Å². The summed E-state index contributed by atoms with van der Waals surface area (Å²) in [6.45, 7) is 3.06. The number of urea groups is 1. The van der Waals surface area contributed by atoms with Crippen LogP contribution in [0.25, 0.3) is 0 Å². The normalized spacial score (nSPS) is 12.0. The van der Waals surface area contributed by atoms with Crippen LogP contribution in [0.3, 0.4) is 0 Å². The Hall–Kier alpha value is -1.72. The maximum atomic E-state index is 12.0. The van der Waals surface area contributed by atoms with Gasteiger partial charge in [-0.05, 0) is 24.1 Å². The molecule has 5 nitrogen and oxygen atoms in total. The highest BCUT2D eigenvalue weighted by molar-refractivity contribution is 6.35. The van der Waals surface area contributed by atoms with Crippen LogP contribution in [0.1, 0.15) is 18.9 Å². The molecule has 1 aromatic carbocycles. The predicted molar refractivity (Wildman–Crippen MR) is 88.1 cm³/mol. The number of halogens is 2. The molecule has 0 bridgehead atoms. The molecule has 0 aliphatic carbocycles. The van der Waals surface area contributed by atoms with Crippen LogP contribution in [0.15, 0.2) is 36.9 Å². The first kappa shape index (κ1) is 16.6. The lowest BCUT2D eigenvalue weighted by molar-refractivity contribution is 0.234. The van der Waals surface area contributed by atoms with E-state index in [-0.39, 0.29) is 12.1 Å². The molecule has 2 rings (SSSR count). The Balaban J connectivity index is 1.83. The lowest BCUT2D eigenvalue weighted by atomic mass is 10.2. The highest BCUT2D eigenvalue weighted by Gasteiger charge is 2.11. The molecule has 0 fully saturated rings. The molecule has 7 heteroatoms. The second-order valence-electron chi connectivity index (χ2n) is 4.93. The van der Waals surface area contributed by atoms with Crippen molar-refractivity contribution in [3.05, 3.63) is 52.5 Å². The third-order valence-corrected chi connectivity index (χ3v) is 3.86. The Labute approximate surface area is 139 Å². The Morgan fingerprint density at radius 3 is 2.86 bits per heavy atom. The van der Waals surface area contributed by atoms with Crippen molar-refractivity contribution in [1.29, 1.82) is 0 Å². The van der Waals surface area contributed by atoms with Gasteiger partial charge < -0.3 is 15.2 Å². The second-order valence-corrected chi connectivity index (χ2v) is 5.77. The van der Waals surface area contributed by atoms with Crippen molar-refractivity contribution in [2.24, 2.45) is 0 Å². The number of hydrogen-bond donors (Lipinski definition) is 2. The number of imidazole rings is 1. The number of benzene rings is 1. The summed E-state index contributed by atoms with van der Waals surface area (Å²) in [6, 6.07) is 5.02. The van der Waals surface area contributed by atoms with E-state index < -0.39 is 0 Å². The number of amides is 2. The highest BCUT2D eigenvalue weighted by atomic mass is 35.5. The maximum Gasteiger partial charge on any atom is 0.315 e. The topological polar surface area (TPSA) is 59.0 Å². The molecular formula is C15H18Cl2N4O. The third-order valence-electron chi connectivity index (χ3n) is 3.27. The summed E-state index contributed by atoms with van der Waals surface area (Å²) in [6.07, 6.45) is 6.15. The van der Waals surface area contributed by atoms with Crippen molar-refractivity contribution < 1.29 is 4.79 Å². The maximum absolute atomic E-state index is 12.0. The lowest BCUT2D eigenvalue weighted by Gasteiger charge is -2.18. The largest absolute Gasteiger partial charge is 0.335 e. The van der Waals surface area contributed by atoms with Crippen LogP contribution in [0.4, 0.5) is 4.79 Å². The van der Waals surface area contributed by atoms with E-state index in [0.717, 1.165) is 12.0 Å². The average molecular weight is 341 g/mol. The number of aromatic nitrogens is 2. The minimum atomic E-state index is -0.224. The van der Waals surface area contributed by atoms with Gasteiger partial charge in [0.2, 0.25) is 0 Å². The molecule has 0 aliphatic heterocycles. The van der Waals surface area contributed by atoms with Gasteiger partial charge in [0.05, 0.1) is 6.33 Å². The zero-order valence-electron chi connectivity index (χ0n) is 12.2. The van der Waals surface area contributed by atoms with E-state index in [9.17, 15) is 4.79 Å². The van der Waals surface area contributed by atoms with Gasteiger partial charge in [-0.1, -0.05) is 36.2 Å². The Morgan fingerprint density at radius 2 is 2.23 bits per heavy atom. The molecule has 22 heavy (non-hydrogen) atoms. The smallest absolute Gasteiger partial charge is 0.315 e. The predicted octanol–water partition coefficient (Wildman–Crippen LogP) is 3.47. The van der Waals surface area contributed by atoms with Gasteiger partial charge in [0.25, 0.3) is 0 Å². The van der Waals surface area contributed by atoms with E-state index in [1.54, 1.807) is 30.7 Å². The first-order valence-corrected chi connectivity index (χ1v) is 7.78. The highest BCUT2D eigenvalue weighted by Crippen LogP contribution is 2.20. The van der Waals surface area contributed by atoms with Crippen molar-refractivity contribution in [1.82, 2.24) is 20.2 Å². The Kier molecular flexibility index (Phi) is 6.10. The van der Waals surface area contributed by atoms with Crippen LogP contribution in [-0.4, -0.2) is 21.6 Å². The molecule has 1 aromatic heterocycles. The molecule has 0 saturated heterocycles. The summed E-state index contributed by atoms with van der Waals surface area (Å²) in [5, 5.41) is 6.85. The van der Waals surface area contributed by atoms with Gasteiger partial charge in [-0.15, -0.1) is 0 Å². The van der Waals surface area contributed by atoms with Gasteiger partial charge in [-0.3, -0.25) is 0 Å². The molecule has 0 radical (unpaired) electrons. The molecule has 1 unspecified atom stereocenters. The van der Waals surface area contributed by atoms with Gasteiger partial charge in [0.15, 0.2) is 0 Å². The molecule has 0 saturated carbocycles. The van der Waals surface area contributed by atoms with Gasteiger partial charge in [0.1, 0.15) is 0 Å². The lowest BCUT2D eigenvalue weighted by Crippen LogP contribution is -2.43. The van der Waals surface area contributed by atoms with Crippen molar-refractivity contribution in [3.8, 4) is 0 Å². The summed E-state index contributed by atoms with van der Waals surface area (Å²) in [5.41, 5.74) is 0.823. The van der Waals surface area contributed by atoms with E-state index in [0.29, 0.717) is 23.1 Å². The van der Waals surface area contributed by atoms with Gasteiger partial charge in [-0.2, -0.15) is 0 Å². The van der Waals surface area contributed by atoms with Gasteiger partial charge in [0, 0.05) is 41.6 Å². The van der Waals surface area contributed by atoms with E-state index in [2.05, 4.69) is 15.6 Å². The molecule has 0 aliphatic rings. The van der Waals surface area contributed by atoms with Gasteiger partial charge in [-0.25, -0.2) is 9.78 Å². The fourth-order valence-electron chi connectivity index (χ4n) is 2.00. The molecule has 2 N–H and O–H groups in total. The van der Waals surface area contributed by atoms with E-state index >= 15 is 0 Å². The van der Waals surface area contributed by atoms with Crippen molar-refractivity contribution in [2.45, 2.75) is 32.5 Å². The Morgan fingerprint density at radius 1 is 1.41 bits per heavy atom. The minimum absolute atomic E-state index is 0.0369. The summed E-state index contributed by atoms with van der Waals surface area (Å²) < 4.78 is 1.94. The summed E-state index contributed by atoms with van der Waals surface area (Å²) in [7, 11) is 0. The van der Waals surface area contributed by atoms with Crippen LogP contribution in [-0.2, 0) is 13.1 Å². The first-order chi connectivity index (χ1) is 10.6. The molecular weight excluding hydrogens is 323 g/mol. The van der Waals surface area contributed by atoms with E-state index in [4.69, 9.17) is 23.2 Å². The van der Waals surface area contributed by atoms with Gasteiger partial charge >= 0.3 is 6.03 Å². The van der Waals surface area contributed by atoms with Crippen LogP contribution < -0.4 is 10.6 Å². The number of carbonyl (C=O) groups is 1. The standard InChI is InChI=1S/C15H18Cl2N4O/c1-2-13(9-21-6-5-18-10-21)20-15(22)19-8-11-3-4-12(16)7-14(11)17/h3-7,10,13H,2,8-9H2,1H3,(H2,19,20,22). The summed E-state index contributed by atoms with van der Waals surface area (Å²) in [4.78, 5) is 16.0. The molecule has 2 aromatic rings. The molecule has 2 amide bonds. The monoisotopic (exact) mass is 340 g/mol. The molecule has 1 atom stereocenters. The second kappa shape index (κ2) is 8.06. The van der Waals surface area contributed by atoms with Crippen molar-refractivity contribution in [3.63, 3.8) is 0 Å². The SMILES string of the molecule is CCC(Cn1ccnc1)NC(=O)NCc1ccc(Cl)cc1Cl. The molecule has 1 heterocycles. The van der Waals surface area contributed by atoms with E-state index in [1.807, 2.05) is 17.7 Å². The quantitative estimate of drug-likeness (QED) is 0.845. The van der Waals surface area contributed by atoms with Crippen LogP contribution >= 0.6 is 23.2 Å². The number of carbonyl (C=O) groups excluding carboxylic acids is 1.